The average Bonchev–Trinajstić information content (AvgIpc) is 2.48. The molecule has 0 unspecified atom stereocenters. The van der Waals surface area contributed by atoms with Crippen molar-refractivity contribution < 1.29 is 4.42 Å². The first-order valence-corrected chi connectivity index (χ1v) is 3.69. The number of hydrogen-bond donors (Lipinski definition) is 2. The average molecular weight is 155 g/mol. The molecule has 0 atom stereocenters. The largest absolute Gasteiger partial charge is 0.432 e. The first-order valence-electron chi connectivity index (χ1n) is 3.69. The van der Waals surface area contributed by atoms with Gasteiger partial charge >= 0.3 is 0 Å². The highest BCUT2D eigenvalue weighted by Crippen LogP contribution is 2.05. The van der Waals surface area contributed by atoms with Crippen molar-refractivity contribution in [2.45, 2.75) is 13.5 Å². The predicted octanol–water partition coefficient (Wildman–Crippen LogP) is 0.826. The quantitative estimate of drug-likeness (QED) is 0.676. The van der Waals surface area contributed by atoms with E-state index in [9.17, 15) is 0 Å². The van der Waals surface area contributed by atoms with E-state index in [1.54, 1.807) is 13.3 Å². The summed E-state index contributed by atoms with van der Waals surface area (Å²) in [5.41, 5.74) is 0.927. The zero-order valence-corrected chi connectivity index (χ0v) is 6.85. The van der Waals surface area contributed by atoms with Gasteiger partial charge in [-0.1, -0.05) is 6.92 Å². The fourth-order valence-corrected chi connectivity index (χ4v) is 0.756. The van der Waals surface area contributed by atoms with Crippen LogP contribution in [0.2, 0.25) is 0 Å². The molecule has 0 fully saturated rings. The Bertz CT molecular complexity index is 209. The first-order chi connectivity index (χ1) is 5.36. The molecule has 0 saturated heterocycles. The van der Waals surface area contributed by atoms with Gasteiger partial charge in [0.25, 0.3) is 6.01 Å². The van der Waals surface area contributed by atoms with E-state index in [0.717, 1.165) is 18.8 Å². The van der Waals surface area contributed by atoms with Crippen molar-refractivity contribution in [2.24, 2.45) is 0 Å². The number of hydrogen-bond acceptors (Lipinski definition) is 4. The number of oxazole rings is 1. The topological polar surface area (TPSA) is 50.1 Å². The SMILES string of the molecule is CCNCc1coc(NC)n1. The summed E-state index contributed by atoms with van der Waals surface area (Å²) in [5.74, 6) is 0. The summed E-state index contributed by atoms with van der Waals surface area (Å²) in [6, 6.07) is 0.568. The second-order valence-corrected chi connectivity index (χ2v) is 2.17. The number of aromatic nitrogens is 1. The van der Waals surface area contributed by atoms with Gasteiger partial charge in [-0.15, -0.1) is 0 Å². The molecule has 0 aliphatic rings. The molecule has 0 saturated carbocycles. The molecule has 4 nitrogen and oxygen atoms in total. The Morgan fingerprint density at radius 1 is 1.64 bits per heavy atom. The minimum Gasteiger partial charge on any atom is -0.432 e. The van der Waals surface area contributed by atoms with Gasteiger partial charge in [0.05, 0.1) is 5.69 Å². The van der Waals surface area contributed by atoms with Crippen LogP contribution in [0.25, 0.3) is 0 Å². The summed E-state index contributed by atoms with van der Waals surface area (Å²) >= 11 is 0. The van der Waals surface area contributed by atoms with Gasteiger partial charge < -0.3 is 15.1 Å². The first kappa shape index (κ1) is 8.07. The van der Waals surface area contributed by atoms with Gasteiger partial charge in [0.1, 0.15) is 6.26 Å². The Morgan fingerprint density at radius 3 is 3.00 bits per heavy atom. The maximum absolute atomic E-state index is 5.05. The molecule has 1 heterocycles. The lowest BCUT2D eigenvalue weighted by Gasteiger charge is -1.93. The molecular formula is C7H13N3O. The van der Waals surface area contributed by atoms with Crippen LogP contribution >= 0.6 is 0 Å². The molecule has 0 radical (unpaired) electrons. The van der Waals surface area contributed by atoms with Crippen molar-refractivity contribution in [2.75, 3.05) is 18.9 Å². The Labute approximate surface area is 66.0 Å². The standard InChI is InChI=1S/C7H13N3O/c1-3-9-4-6-5-11-7(8-2)10-6/h5,9H,3-4H2,1-2H3,(H,8,10). The minimum atomic E-state index is 0.568. The van der Waals surface area contributed by atoms with Crippen LogP contribution in [0.4, 0.5) is 6.01 Å². The fourth-order valence-electron chi connectivity index (χ4n) is 0.756. The molecule has 11 heavy (non-hydrogen) atoms. The Hall–Kier alpha value is -1.03. The van der Waals surface area contributed by atoms with Crippen LogP contribution in [-0.2, 0) is 6.54 Å². The third kappa shape index (κ3) is 2.23. The zero-order valence-electron chi connectivity index (χ0n) is 6.85. The van der Waals surface area contributed by atoms with E-state index in [0.29, 0.717) is 6.01 Å². The molecule has 0 aliphatic carbocycles. The van der Waals surface area contributed by atoms with E-state index in [4.69, 9.17) is 4.42 Å². The van der Waals surface area contributed by atoms with Gasteiger partial charge in [0.2, 0.25) is 0 Å². The van der Waals surface area contributed by atoms with Gasteiger partial charge in [0.15, 0.2) is 0 Å². The monoisotopic (exact) mass is 155 g/mol. The van der Waals surface area contributed by atoms with Crippen LogP contribution in [0.3, 0.4) is 0 Å². The van der Waals surface area contributed by atoms with Crippen molar-refractivity contribution in [1.29, 1.82) is 0 Å². The van der Waals surface area contributed by atoms with Gasteiger partial charge in [0, 0.05) is 13.6 Å². The van der Waals surface area contributed by atoms with E-state index >= 15 is 0 Å². The zero-order chi connectivity index (χ0) is 8.10. The molecule has 0 aromatic carbocycles. The molecule has 1 aromatic rings. The maximum atomic E-state index is 5.05. The molecule has 2 N–H and O–H groups in total. The second kappa shape index (κ2) is 3.98. The Morgan fingerprint density at radius 2 is 2.45 bits per heavy atom. The second-order valence-electron chi connectivity index (χ2n) is 2.17. The third-order valence-corrected chi connectivity index (χ3v) is 1.32. The smallest absolute Gasteiger partial charge is 0.294 e. The number of nitrogens with one attached hydrogen (secondary N) is 2. The van der Waals surface area contributed by atoms with E-state index in [-0.39, 0.29) is 0 Å². The van der Waals surface area contributed by atoms with Crippen molar-refractivity contribution in [1.82, 2.24) is 10.3 Å². The molecule has 0 amide bonds. The molecule has 4 heteroatoms. The van der Waals surface area contributed by atoms with Crippen molar-refractivity contribution >= 4 is 6.01 Å². The number of nitrogens with zero attached hydrogens (tertiary/aromatic N) is 1. The minimum absolute atomic E-state index is 0.568. The highest BCUT2D eigenvalue weighted by atomic mass is 16.4. The molecule has 1 rings (SSSR count). The lowest BCUT2D eigenvalue weighted by atomic mass is 10.5. The maximum Gasteiger partial charge on any atom is 0.294 e. The van der Waals surface area contributed by atoms with Crippen LogP contribution in [0, 0.1) is 0 Å². The van der Waals surface area contributed by atoms with Gasteiger partial charge in [-0.25, -0.2) is 0 Å². The van der Waals surface area contributed by atoms with Crippen LogP contribution in [0.1, 0.15) is 12.6 Å². The molecule has 1 aromatic heterocycles. The lowest BCUT2D eigenvalue weighted by Crippen LogP contribution is -2.11. The van der Waals surface area contributed by atoms with E-state index in [2.05, 4.69) is 22.5 Å². The van der Waals surface area contributed by atoms with Gasteiger partial charge in [-0.2, -0.15) is 4.98 Å². The summed E-state index contributed by atoms with van der Waals surface area (Å²) in [6.45, 7) is 3.77. The molecule has 0 aliphatic heterocycles. The van der Waals surface area contributed by atoms with Gasteiger partial charge in [-0.3, -0.25) is 0 Å². The normalized spacial score (nSPS) is 10.0. The van der Waals surface area contributed by atoms with Crippen LogP contribution in [0.5, 0.6) is 0 Å². The van der Waals surface area contributed by atoms with Crippen LogP contribution in [-0.4, -0.2) is 18.6 Å². The van der Waals surface area contributed by atoms with E-state index in [1.165, 1.54) is 0 Å². The van der Waals surface area contributed by atoms with Crippen molar-refractivity contribution in [3.63, 3.8) is 0 Å². The predicted molar refractivity (Wildman–Crippen MR) is 43.4 cm³/mol. The van der Waals surface area contributed by atoms with Crippen molar-refractivity contribution in [3.05, 3.63) is 12.0 Å². The summed E-state index contributed by atoms with van der Waals surface area (Å²) in [4.78, 5) is 4.13. The highest BCUT2D eigenvalue weighted by Gasteiger charge is 1.99. The molecule has 0 bridgehead atoms. The summed E-state index contributed by atoms with van der Waals surface area (Å²) < 4.78 is 5.05. The Kier molecular flexibility index (Phi) is 2.92. The molecule has 0 spiro atoms. The molecule has 62 valence electrons. The third-order valence-electron chi connectivity index (χ3n) is 1.32. The highest BCUT2D eigenvalue weighted by molar-refractivity contribution is 5.19. The number of rotatable bonds is 4. The van der Waals surface area contributed by atoms with Crippen LogP contribution in [0.15, 0.2) is 10.7 Å². The van der Waals surface area contributed by atoms with E-state index < -0.39 is 0 Å². The number of anilines is 1. The lowest BCUT2D eigenvalue weighted by molar-refractivity contribution is 0.571. The van der Waals surface area contributed by atoms with Crippen LogP contribution < -0.4 is 10.6 Å². The van der Waals surface area contributed by atoms with Crippen molar-refractivity contribution in [3.8, 4) is 0 Å². The summed E-state index contributed by atoms with van der Waals surface area (Å²) in [5, 5.41) is 5.97. The summed E-state index contributed by atoms with van der Waals surface area (Å²) in [6.07, 6.45) is 1.65. The Balaban J connectivity index is 2.44. The van der Waals surface area contributed by atoms with Gasteiger partial charge in [-0.05, 0) is 6.54 Å². The fraction of sp³-hybridized carbons (Fsp3) is 0.571. The summed E-state index contributed by atoms with van der Waals surface area (Å²) in [7, 11) is 1.78. The van der Waals surface area contributed by atoms with E-state index in [1.807, 2.05) is 0 Å². The molecular weight excluding hydrogens is 142 g/mol.